The third-order valence-electron chi connectivity index (χ3n) is 2.30. The minimum absolute atomic E-state index is 0.0230. The van der Waals surface area contributed by atoms with Crippen LogP contribution in [0.1, 0.15) is 29.3 Å². The van der Waals surface area contributed by atoms with Gasteiger partial charge in [0.25, 0.3) is 0 Å². The second-order valence-electron chi connectivity index (χ2n) is 3.76. The monoisotopic (exact) mass is 336 g/mol. The van der Waals surface area contributed by atoms with Gasteiger partial charge in [0.2, 0.25) is 0 Å². The molecule has 0 aliphatic rings. The van der Waals surface area contributed by atoms with Gasteiger partial charge in [-0.05, 0) is 43.5 Å². The fourth-order valence-electron chi connectivity index (χ4n) is 1.58. The van der Waals surface area contributed by atoms with Crippen molar-refractivity contribution in [3.63, 3.8) is 0 Å². The Morgan fingerprint density at radius 3 is 2.68 bits per heavy atom. The van der Waals surface area contributed by atoms with Gasteiger partial charge in [0.05, 0.1) is 12.2 Å². The first-order chi connectivity index (χ1) is 9.06. The molecule has 0 aliphatic heterocycles. The molecular weight excluding hydrogens is 322 g/mol. The molecule has 0 N–H and O–H groups in total. The van der Waals surface area contributed by atoms with Gasteiger partial charge in [-0.15, -0.1) is 0 Å². The fraction of sp³-hybridized carbons (Fsp3) is 0.462. The standard InChI is InChI=1S/C13H15BrF2O3/c1-2-18-12(17)10-6-9(4-3-5-14)7-11(8-10)19-13(15)16/h6-8,13H,2-5H2,1H3. The highest BCUT2D eigenvalue weighted by Crippen LogP contribution is 2.21. The maximum atomic E-state index is 12.2. The van der Waals surface area contributed by atoms with Gasteiger partial charge in [0, 0.05) is 5.33 Å². The molecule has 106 valence electrons. The molecule has 0 aromatic heterocycles. The Kier molecular flexibility index (Phi) is 6.77. The van der Waals surface area contributed by atoms with Crippen LogP contribution in [0, 0.1) is 0 Å². The Labute approximate surface area is 119 Å². The SMILES string of the molecule is CCOC(=O)c1cc(CCCBr)cc(OC(F)F)c1. The number of benzene rings is 1. The van der Waals surface area contributed by atoms with E-state index in [9.17, 15) is 13.6 Å². The Hall–Kier alpha value is -1.17. The van der Waals surface area contributed by atoms with Crippen LogP contribution in [0.5, 0.6) is 5.75 Å². The van der Waals surface area contributed by atoms with E-state index in [1.54, 1.807) is 13.0 Å². The van der Waals surface area contributed by atoms with Crippen LogP contribution >= 0.6 is 15.9 Å². The molecule has 0 bridgehead atoms. The molecule has 6 heteroatoms. The van der Waals surface area contributed by atoms with Crippen molar-refractivity contribution in [2.24, 2.45) is 0 Å². The second kappa shape index (κ2) is 8.09. The summed E-state index contributed by atoms with van der Waals surface area (Å²) in [6.07, 6.45) is 1.50. The van der Waals surface area contributed by atoms with E-state index in [2.05, 4.69) is 20.7 Å². The number of rotatable bonds is 7. The molecule has 0 spiro atoms. The molecule has 1 aromatic rings. The summed E-state index contributed by atoms with van der Waals surface area (Å²) in [7, 11) is 0. The largest absolute Gasteiger partial charge is 0.462 e. The predicted octanol–water partition coefficient (Wildman–Crippen LogP) is 3.79. The molecule has 0 heterocycles. The number of carbonyl (C=O) groups excluding carboxylic acids is 1. The van der Waals surface area contributed by atoms with Crippen molar-refractivity contribution in [3.8, 4) is 5.75 Å². The first kappa shape index (κ1) is 15.9. The van der Waals surface area contributed by atoms with E-state index in [0.717, 1.165) is 17.3 Å². The lowest BCUT2D eigenvalue weighted by Crippen LogP contribution is -2.08. The summed E-state index contributed by atoms with van der Waals surface area (Å²) in [6, 6.07) is 4.41. The summed E-state index contributed by atoms with van der Waals surface area (Å²) in [4.78, 5) is 11.6. The molecule has 19 heavy (non-hydrogen) atoms. The summed E-state index contributed by atoms with van der Waals surface area (Å²) in [5.41, 5.74) is 0.991. The number of alkyl halides is 3. The second-order valence-corrected chi connectivity index (χ2v) is 4.55. The summed E-state index contributed by atoms with van der Waals surface area (Å²) in [6.45, 7) is -1.000. The highest BCUT2D eigenvalue weighted by atomic mass is 79.9. The molecule has 1 rings (SSSR count). The lowest BCUT2D eigenvalue weighted by Gasteiger charge is -2.10. The van der Waals surface area contributed by atoms with E-state index in [4.69, 9.17) is 4.74 Å². The van der Waals surface area contributed by atoms with Crippen molar-refractivity contribution in [2.45, 2.75) is 26.4 Å². The molecule has 0 unspecified atom stereocenters. The molecule has 1 aromatic carbocycles. The average Bonchev–Trinajstić information content (AvgIpc) is 2.35. The fourth-order valence-corrected chi connectivity index (χ4v) is 1.86. The highest BCUT2D eigenvalue weighted by molar-refractivity contribution is 9.09. The average molecular weight is 337 g/mol. The van der Waals surface area contributed by atoms with Crippen molar-refractivity contribution in [1.82, 2.24) is 0 Å². The van der Waals surface area contributed by atoms with E-state index >= 15 is 0 Å². The van der Waals surface area contributed by atoms with Gasteiger partial charge >= 0.3 is 12.6 Å². The van der Waals surface area contributed by atoms with Crippen LogP contribution in [-0.2, 0) is 11.2 Å². The maximum Gasteiger partial charge on any atom is 0.387 e. The third kappa shape index (κ3) is 5.55. The summed E-state index contributed by atoms with van der Waals surface area (Å²) < 4.78 is 33.7. The van der Waals surface area contributed by atoms with Gasteiger partial charge in [0.1, 0.15) is 5.75 Å². The van der Waals surface area contributed by atoms with Crippen molar-refractivity contribution >= 4 is 21.9 Å². The van der Waals surface area contributed by atoms with Crippen molar-refractivity contribution in [1.29, 1.82) is 0 Å². The zero-order valence-corrected chi connectivity index (χ0v) is 12.1. The predicted molar refractivity (Wildman–Crippen MR) is 71.1 cm³/mol. The van der Waals surface area contributed by atoms with Gasteiger partial charge in [-0.3, -0.25) is 0 Å². The zero-order chi connectivity index (χ0) is 14.3. The van der Waals surface area contributed by atoms with Crippen LogP contribution in [0.4, 0.5) is 8.78 Å². The molecule has 0 aliphatic carbocycles. The minimum atomic E-state index is -2.92. The van der Waals surface area contributed by atoms with Crippen LogP contribution in [0.25, 0.3) is 0 Å². The maximum absolute atomic E-state index is 12.2. The Morgan fingerprint density at radius 1 is 1.37 bits per heavy atom. The topological polar surface area (TPSA) is 35.5 Å². The Bertz CT molecular complexity index is 424. The summed E-state index contributed by atoms with van der Waals surface area (Å²) in [5, 5.41) is 0.793. The number of halogens is 3. The number of hydrogen-bond acceptors (Lipinski definition) is 3. The van der Waals surface area contributed by atoms with Gasteiger partial charge in [-0.2, -0.15) is 8.78 Å². The Morgan fingerprint density at radius 2 is 2.11 bits per heavy atom. The highest BCUT2D eigenvalue weighted by Gasteiger charge is 2.12. The van der Waals surface area contributed by atoms with Crippen molar-refractivity contribution in [3.05, 3.63) is 29.3 Å². The first-order valence-corrected chi connectivity index (χ1v) is 7.00. The van der Waals surface area contributed by atoms with E-state index < -0.39 is 12.6 Å². The third-order valence-corrected chi connectivity index (χ3v) is 2.86. The lowest BCUT2D eigenvalue weighted by molar-refractivity contribution is -0.0499. The smallest absolute Gasteiger partial charge is 0.387 e. The van der Waals surface area contributed by atoms with Gasteiger partial charge in [-0.1, -0.05) is 15.9 Å². The minimum Gasteiger partial charge on any atom is -0.462 e. The van der Waals surface area contributed by atoms with Crippen LogP contribution in [0.15, 0.2) is 18.2 Å². The molecule has 0 fully saturated rings. The van der Waals surface area contributed by atoms with Crippen LogP contribution in [0.2, 0.25) is 0 Å². The van der Waals surface area contributed by atoms with E-state index in [-0.39, 0.29) is 17.9 Å². The number of esters is 1. The van der Waals surface area contributed by atoms with Crippen LogP contribution in [0.3, 0.4) is 0 Å². The molecule has 3 nitrogen and oxygen atoms in total. The number of aryl methyl sites for hydroxylation is 1. The van der Waals surface area contributed by atoms with E-state index in [0.29, 0.717) is 6.42 Å². The van der Waals surface area contributed by atoms with Crippen LogP contribution < -0.4 is 4.74 Å². The van der Waals surface area contributed by atoms with Crippen molar-refractivity contribution < 1.29 is 23.0 Å². The quantitative estimate of drug-likeness (QED) is 0.561. The van der Waals surface area contributed by atoms with E-state index in [1.807, 2.05) is 0 Å². The van der Waals surface area contributed by atoms with Crippen LogP contribution in [-0.4, -0.2) is 24.5 Å². The van der Waals surface area contributed by atoms with Gasteiger partial charge < -0.3 is 9.47 Å². The number of hydrogen-bond donors (Lipinski definition) is 0. The van der Waals surface area contributed by atoms with Crippen molar-refractivity contribution in [2.75, 3.05) is 11.9 Å². The first-order valence-electron chi connectivity index (χ1n) is 5.88. The van der Waals surface area contributed by atoms with E-state index in [1.165, 1.54) is 12.1 Å². The lowest BCUT2D eigenvalue weighted by atomic mass is 10.1. The number of ether oxygens (including phenoxy) is 2. The number of carbonyl (C=O) groups is 1. The Balaban J connectivity index is 2.97. The molecule has 0 radical (unpaired) electrons. The molecule has 0 atom stereocenters. The zero-order valence-electron chi connectivity index (χ0n) is 10.5. The summed E-state index contributed by atoms with van der Waals surface area (Å²) in [5.74, 6) is -0.563. The molecule has 0 amide bonds. The molecule has 0 saturated carbocycles. The van der Waals surface area contributed by atoms with Gasteiger partial charge in [-0.25, -0.2) is 4.79 Å². The summed E-state index contributed by atoms with van der Waals surface area (Å²) >= 11 is 3.30. The van der Waals surface area contributed by atoms with Gasteiger partial charge in [0.15, 0.2) is 0 Å². The molecule has 0 saturated heterocycles. The molecular formula is C13H15BrF2O3. The normalized spacial score (nSPS) is 10.6.